The van der Waals surface area contributed by atoms with Gasteiger partial charge in [0.05, 0.1) is 19.1 Å². The Hall–Kier alpha value is -2.08. The lowest BCUT2D eigenvalue weighted by molar-refractivity contribution is -0.153. The van der Waals surface area contributed by atoms with Crippen LogP contribution in [0.2, 0.25) is 0 Å². The highest BCUT2D eigenvalue weighted by atomic mass is 16.5. The van der Waals surface area contributed by atoms with Gasteiger partial charge in [-0.2, -0.15) is 0 Å². The van der Waals surface area contributed by atoms with Crippen molar-refractivity contribution in [3.63, 3.8) is 0 Å². The number of primary amides is 1. The summed E-state index contributed by atoms with van der Waals surface area (Å²) in [6.45, 7) is 0.356. The van der Waals surface area contributed by atoms with Gasteiger partial charge in [-0.3, -0.25) is 9.59 Å². The zero-order chi connectivity index (χ0) is 18.6. The molecule has 3 aliphatic rings. The van der Waals surface area contributed by atoms with Crippen molar-refractivity contribution in [2.45, 2.75) is 49.5 Å². The molecule has 26 heavy (non-hydrogen) atoms. The van der Waals surface area contributed by atoms with Gasteiger partial charge in [0, 0.05) is 13.0 Å². The van der Waals surface area contributed by atoms with Crippen molar-refractivity contribution in [1.82, 2.24) is 4.90 Å². The quantitative estimate of drug-likeness (QED) is 0.850. The topological polar surface area (TPSA) is 92.9 Å². The number of rotatable bonds is 4. The number of β-amino-alcohol motifs (C(OH)–C–C–N with tert-alkyl or cyclic N) is 1. The van der Waals surface area contributed by atoms with Gasteiger partial charge in [0.1, 0.15) is 5.75 Å². The largest absolute Gasteiger partial charge is 0.497 e. The highest BCUT2D eigenvalue weighted by Gasteiger charge is 2.63. The number of benzene rings is 1. The number of nitrogens with two attached hydrogens (primary N) is 1. The van der Waals surface area contributed by atoms with Crippen LogP contribution in [0.5, 0.6) is 5.75 Å². The average molecular weight is 358 g/mol. The number of carbonyl (C=O) groups excluding carboxylic acids is 2. The first-order valence-corrected chi connectivity index (χ1v) is 9.29. The summed E-state index contributed by atoms with van der Waals surface area (Å²) in [4.78, 5) is 26.6. The summed E-state index contributed by atoms with van der Waals surface area (Å²) >= 11 is 0. The minimum atomic E-state index is -1.60. The minimum absolute atomic E-state index is 0.00787. The fourth-order valence-corrected chi connectivity index (χ4v) is 5.12. The van der Waals surface area contributed by atoms with Gasteiger partial charge in [-0.15, -0.1) is 0 Å². The second-order valence-corrected chi connectivity index (χ2v) is 8.39. The second-order valence-electron chi connectivity index (χ2n) is 8.39. The van der Waals surface area contributed by atoms with E-state index >= 15 is 0 Å². The van der Waals surface area contributed by atoms with Crippen molar-refractivity contribution in [1.29, 1.82) is 0 Å². The summed E-state index contributed by atoms with van der Waals surface area (Å²) in [5.74, 6) is 0.0195. The van der Waals surface area contributed by atoms with Crippen molar-refractivity contribution >= 4 is 11.8 Å². The summed E-state index contributed by atoms with van der Waals surface area (Å²) in [5, 5.41) is 10.4. The van der Waals surface area contributed by atoms with Crippen LogP contribution < -0.4 is 10.5 Å². The Morgan fingerprint density at radius 3 is 2.27 bits per heavy atom. The number of likely N-dealkylation sites (tertiary alicyclic amines) is 1. The number of hydrogen-bond donors (Lipinski definition) is 2. The van der Waals surface area contributed by atoms with E-state index < -0.39 is 16.9 Å². The zero-order valence-corrected chi connectivity index (χ0v) is 15.2. The van der Waals surface area contributed by atoms with Crippen molar-refractivity contribution in [3.8, 4) is 5.75 Å². The lowest BCUT2D eigenvalue weighted by atomic mass is 9.43. The monoisotopic (exact) mass is 358 g/mol. The third-order valence-corrected chi connectivity index (χ3v) is 6.81. The molecule has 6 heteroatoms. The fourth-order valence-electron chi connectivity index (χ4n) is 5.12. The van der Waals surface area contributed by atoms with E-state index in [0.29, 0.717) is 12.0 Å². The van der Waals surface area contributed by atoms with Gasteiger partial charge >= 0.3 is 0 Å². The van der Waals surface area contributed by atoms with E-state index in [2.05, 4.69) is 0 Å². The molecule has 6 nitrogen and oxygen atoms in total. The third-order valence-electron chi connectivity index (χ3n) is 6.81. The molecule has 0 radical (unpaired) electrons. The summed E-state index contributed by atoms with van der Waals surface area (Å²) in [5.41, 5.74) is 4.46. The molecule has 1 atom stereocenters. The van der Waals surface area contributed by atoms with Crippen LogP contribution in [0.1, 0.15) is 44.1 Å². The second kappa shape index (κ2) is 5.71. The molecule has 2 saturated carbocycles. The molecular formula is C20H26N2O4. The van der Waals surface area contributed by atoms with Crippen LogP contribution in [0.4, 0.5) is 0 Å². The number of aliphatic hydroxyl groups is 1. The van der Waals surface area contributed by atoms with Crippen molar-refractivity contribution in [3.05, 3.63) is 29.8 Å². The molecule has 1 aromatic rings. The Balaban J connectivity index is 1.61. The first-order valence-electron chi connectivity index (χ1n) is 9.29. The van der Waals surface area contributed by atoms with Crippen molar-refractivity contribution in [2.75, 3.05) is 20.2 Å². The summed E-state index contributed by atoms with van der Waals surface area (Å²) in [6.07, 6.45) is 5.50. The molecule has 2 amide bonds. The van der Waals surface area contributed by atoms with E-state index in [4.69, 9.17) is 10.5 Å². The molecular weight excluding hydrogens is 332 g/mol. The Morgan fingerprint density at radius 1 is 1.15 bits per heavy atom. The Labute approximate surface area is 153 Å². The molecule has 1 heterocycles. The smallest absolute Gasteiger partial charge is 0.251 e. The first kappa shape index (κ1) is 17.3. The van der Waals surface area contributed by atoms with E-state index in [1.165, 1.54) is 19.3 Å². The third kappa shape index (κ3) is 2.42. The van der Waals surface area contributed by atoms with Crippen LogP contribution >= 0.6 is 0 Å². The van der Waals surface area contributed by atoms with Crippen LogP contribution in [0.25, 0.3) is 0 Å². The van der Waals surface area contributed by atoms with E-state index in [0.717, 1.165) is 24.2 Å². The van der Waals surface area contributed by atoms with Crippen LogP contribution in [0.15, 0.2) is 24.3 Å². The lowest BCUT2D eigenvalue weighted by Crippen LogP contribution is -2.61. The summed E-state index contributed by atoms with van der Waals surface area (Å²) < 4.78 is 5.24. The first-order chi connectivity index (χ1) is 12.3. The Bertz CT molecular complexity index is 733. The number of nitrogens with zero attached hydrogens (tertiary/aromatic N) is 1. The molecule has 140 valence electrons. The normalized spacial score (nSPS) is 28.3. The van der Waals surface area contributed by atoms with Gasteiger partial charge in [-0.1, -0.05) is 18.6 Å². The number of amides is 2. The number of methoxy groups -OCH3 is 1. The Morgan fingerprint density at radius 2 is 1.81 bits per heavy atom. The fraction of sp³-hybridized carbons (Fsp3) is 0.600. The molecule has 2 aliphatic carbocycles. The van der Waals surface area contributed by atoms with Gasteiger partial charge in [-0.05, 0) is 48.8 Å². The van der Waals surface area contributed by atoms with Crippen LogP contribution in [0, 0.1) is 5.41 Å². The van der Waals surface area contributed by atoms with Gasteiger partial charge in [0.25, 0.3) is 5.91 Å². The predicted octanol–water partition coefficient (Wildman–Crippen LogP) is 1.35. The van der Waals surface area contributed by atoms with E-state index in [9.17, 15) is 14.7 Å². The molecule has 1 spiro atoms. The van der Waals surface area contributed by atoms with Crippen LogP contribution in [0.3, 0.4) is 0 Å². The summed E-state index contributed by atoms with van der Waals surface area (Å²) in [6, 6.07) is 7.72. The highest BCUT2D eigenvalue weighted by Crippen LogP contribution is 2.65. The molecule has 4 rings (SSSR count). The number of ether oxygens (including phenoxy) is 1. The molecule has 3 fully saturated rings. The van der Waals surface area contributed by atoms with E-state index in [1.54, 1.807) is 12.0 Å². The van der Waals surface area contributed by atoms with Crippen LogP contribution in [-0.4, -0.2) is 47.6 Å². The zero-order valence-electron chi connectivity index (χ0n) is 15.2. The number of carbonyl (C=O) groups is 2. The average Bonchev–Trinajstić information content (AvgIpc) is 2.97. The molecule has 1 aromatic carbocycles. The van der Waals surface area contributed by atoms with Gasteiger partial charge in [0.15, 0.2) is 5.60 Å². The van der Waals surface area contributed by atoms with E-state index in [-0.39, 0.29) is 18.9 Å². The predicted molar refractivity (Wildman–Crippen MR) is 95.5 cm³/mol. The SMILES string of the molecule is COc1ccc(C2(C(=O)N3CCC(O)(C(N)=O)C3)CC3(CCC3)C2)cc1. The maximum atomic E-state index is 13.5. The molecule has 0 aromatic heterocycles. The standard InChI is InChI=1S/C20H26N2O4/c1-26-15-5-3-14(4-6-15)19(11-18(12-19)7-2-8-18)17(24)22-10-9-20(25,13-22)16(21)23/h3-6,25H,2,7-13H2,1H3,(H2,21,23). The highest BCUT2D eigenvalue weighted by molar-refractivity contribution is 5.92. The molecule has 1 saturated heterocycles. The van der Waals surface area contributed by atoms with Gasteiger partial charge < -0.3 is 20.5 Å². The Kier molecular flexibility index (Phi) is 3.81. The van der Waals surface area contributed by atoms with Crippen molar-refractivity contribution < 1.29 is 19.4 Å². The summed E-state index contributed by atoms with van der Waals surface area (Å²) in [7, 11) is 1.62. The van der Waals surface area contributed by atoms with E-state index in [1.807, 2.05) is 24.3 Å². The molecule has 1 unspecified atom stereocenters. The minimum Gasteiger partial charge on any atom is -0.497 e. The van der Waals surface area contributed by atoms with Gasteiger partial charge in [0.2, 0.25) is 5.91 Å². The lowest BCUT2D eigenvalue weighted by Gasteiger charge is -2.61. The van der Waals surface area contributed by atoms with Crippen LogP contribution in [-0.2, 0) is 15.0 Å². The molecule has 0 bridgehead atoms. The number of hydrogen-bond acceptors (Lipinski definition) is 4. The van der Waals surface area contributed by atoms with Gasteiger partial charge in [-0.25, -0.2) is 0 Å². The maximum Gasteiger partial charge on any atom is 0.251 e. The van der Waals surface area contributed by atoms with Crippen molar-refractivity contribution in [2.24, 2.45) is 11.1 Å². The molecule has 3 N–H and O–H groups in total. The maximum absolute atomic E-state index is 13.5. The molecule has 1 aliphatic heterocycles.